The minimum atomic E-state index is -0.483. The van der Waals surface area contributed by atoms with E-state index < -0.39 is 6.10 Å². The highest BCUT2D eigenvalue weighted by Gasteiger charge is 2.13. The zero-order valence-electron chi connectivity index (χ0n) is 8.85. The number of pyridine rings is 1. The molecule has 16 heavy (non-hydrogen) atoms. The lowest BCUT2D eigenvalue weighted by Gasteiger charge is -2.12. The Balaban J connectivity index is 2.18. The highest BCUT2D eigenvalue weighted by molar-refractivity contribution is 9.10. The molecule has 0 aliphatic heterocycles. The van der Waals surface area contributed by atoms with E-state index in [0.717, 1.165) is 20.5 Å². The molecule has 0 radical (unpaired) electrons. The molecule has 2 aromatic heterocycles. The van der Waals surface area contributed by atoms with Gasteiger partial charge < -0.3 is 5.11 Å². The fourth-order valence-corrected chi connectivity index (χ4v) is 3.13. The van der Waals surface area contributed by atoms with Gasteiger partial charge in [-0.2, -0.15) is 0 Å². The zero-order valence-corrected chi connectivity index (χ0v) is 11.3. The van der Waals surface area contributed by atoms with Crippen LogP contribution in [0.25, 0.3) is 0 Å². The zero-order chi connectivity index (χ0) is 11.5. The molecule has 1 atom stereocenters. The van der Waals surface area contributed by atoms with Crippen molar-refractivity contribution in [1.29, 1.82) is 0 Å². The molecule has 0 amide bonds. The van der Waals surface area contributed by atoms with Crippen LogP contribution < -0.4 is 0 Å². The summed E-state index contributed by atoms with van der Waals surface area (Å²) in [7, 11) is 0. The van der Waals surface area contributed by atoms with Gasteiger partial charge in [0, 0.05) is 33.7 Å². The predicted molar refractivity (Wildman–Crippen MR) is 69.7 cm³/mol. The molecule has 1 unspecified atom stereocenters. The van der Waals surface area contributed by atoms with Crippen molar-refractivity contribution in [1.82, 2.24) is 4.98 Å². The van der Waals surface area contributed by atoms with Gasteiger partial charge in [0.25, 0.3) is 0 Å². The predicted octanol–water partition coefficient (Wildman–Crippen LogP) is 3.49. The number of rotatable bonds is 3. The van der Waals surface area contributed by atoms with Crippen LogP contribution in [0.1, 0.15) is 22.1 Å². The fraction of sp³-hybridized carbons (Fsp3) is 0.250. The number of hydrogen-bond acceptors (Lipinski definition) is 3. The summed E-state index contributed by atoms with van der Waals surface area (Å²) in [6, 6.07) is 3.92. The van der Waals surface area contributed by atoms with Gasteiger partial charge in [-0.05, 0) is 45.9 Å². The summed E-state index contributed by atoms with van der Waals surface area (Å²) in [6.45, 7) is 1.99. The molecule has 0 aromatic carbocycles. The van der Waals surface area contributed by atoms with E-state index in [0.29, 0.717) is 6.42 Å². The lowest BCUT2D eigenvalue weighted by Crippen LogP contribution is -2.03. The van der Waals surface area contributed by atoms with E-state index in [2.05, 4.69) is 20.9 Å². The Morgan fingerprint density at radius 3 is 2.94 bits per heavy atom. The molecule has 2 aromatic rings. The third-order valence-electron chi connectivity index (χ3n) is 2.51. The summed E-state index contributed by atoms with van der Waals surface area (Å²) in [4.78, 5) is 5.21. The number of aliphatic hydroxyl groups is 1. The first-order valence-electron chi connectivity index (χ1n) is 4.99. The van der Waals surface area contributed by atoms with E-state index in [4.69, 9.17) is 0 Å². The van der Waals surface area contributed by atoms with Gasteiger partial charge in [-0.3, -0.25) is 4.98 Å². The second-order valence-electron chi connectivity index (χ2n) is 3.64. The van der Waals surface area contributed by atoms with Gasteiger partial charge in [0.1, 0.15) is 0 Å². The summed E-state index contributed by atoms with van der Waals surface area (Å²) in [5.74, 6) is 0. The third-order valence-corrected chi connectivity index (χ3v) is 4.46. The first-order chi connectivity index (χ1) is 7.68. The normalized spacial score (nSPS) is 12.7. The Hall–Kier alpha value is -0.710. The van der Waals surface area contributed by atoms with Gasteiger partial charge in [-0.1, -0.05) is 0 Å². The van der Waals surface area contributed by atoms with Gasteiger partial charge in [0.15, 0.2) is 0 Å². The van der Waals surface area contributed by atoms with E-state index >= 15 is 0 Å². The molecule has 1 N–H and O–H groups in total. The minimum absolute atomic E-state index is 0.483. The number of halogens is 1. The molecular formula is C12H12BrNOS. The standard InChI is InChI=1S/C12H12BrNOS/c1-8-2-4-14-7-9(8)11(15)6-12-10(13)3-5-16-12/h2-5,7,11,15H,6H2,1H3. The topological polar surface area (TPSA) is 33.1 Å². The summed E-state index contributed by atoms with van der Waals surface area (Å²) >= 11 is 5.12. The number of hydrogen-bond donors (Lipinski definition) is 1. The van der Waals surface area contributed by atoms with Crippen molar-refractivity contribution in [3.63, 3.8) is 0 Å². The maximum Gasteiger partial charge on any atom is 0.0856 e. The first kappa shape index (κ1) is 11.8. The van der Waals surface area contributed by atoms with Crippen molar-refractivity contribution in [2.45, 2.75) is 19.4 Å². The number of aliphatic hydroxyl groups excluding tert-OH is 1. The van der Waals surface area contributed by atoms with E-state index in [1.54, 1.807) is 23.7 Å². The molecular weight excluding hydrogens is 286 g/mol. The van der Waals surface area contributed by atoms with Gasteiger partial charge in [-0.25, -0.2) is 0 Å². The van der Waals surface area contributed by atoms with Crippen LogP contribution in [0.4, 0.5) is 0 Å². The number of aryl methyl sites for hydroxylation is 1. The van der Waals surface area contributed by atoms with Crippen LogP contribution in [-0.2, 0) is 6.42 Å². The second kappa shape index (κ2) is 5.08. The Kier molecular flexibility index (Phi) is 3.74. The molecule has 0 spiro atoms. The van der Waals surface area contributed by atoms with Crippen molar-refractivity contribution in [3.05, 3.63) is 50.4 Å². The molecule has 2 heterocycles. The summed E-state index contributed by atoms with van der Waals surface area (Å²) in [5.41, 5.74) is 1.98. The molecule has 4 heteroatoms. The lowest BCUT2D eigenvalue weighted by atomic mass is 10.0. The Morgan fingerprint density at radius 2 is 2.31 bits per heavy atom. The third kappa shape index (κ3) is 2.51. The second-order valence-corrected chi connectivity index (χ2v) is 5.50. The van der Waals surface area contributed by atoms with E-state index in [-0.39, 0.29) is 0 Å². The van der Waals surface area contributed by atoms with E-state index in [9.17, 15) is 5.11 Å². The van der Waals surface area contributed by atoms with Crippen molar-refractivity contribution in [2.75, 3.05) is 0 Å². The van der Waals surface area contributed by atoms with Crippen LogP contribution in [0.5, 0.6) is 0 Å². The molecule has 0 saturated heterocycles. The van der Waals surface area contributed by atoms with E-state index in [1.807, 2.05) is 24.4 Å². The molecule has 0 saturated carbocycles. The van der Waals surface area contributed by atoms with Crippen LogP contribution in [-0.4, -0.2) is 10.1 Å². The quantitative estimate of drug-likeness (QED) is 0.941. The highest BCUT2D eigenvalue weighted by atomic mass is 79.9. The van der Waals surface area contributed by atoms with Gasteiger partial charge >= 0.3 is 0 Å². The van der Waals surface area contributed by atoms with Gasteiger partial charge in [0.05, 0.1) is 6.10 Å². The largest absolute Gasteiger partial charge is 0.388 e. The number of aromatic nitrogens is 1. The minimum Gasteiger partial charge on any atom is -0.388 e. The van der Waals surface area contributed by atoms with Crippen molar-refractivity contribution >= 4 is 27.3 Å². The Labute approximate surface area is 107 Å². The molecule has 0 aliphatic carbocycles. The lowest BCUT2D eigenvalue weighted by molar-refractivity contribution is 0.178. The molecule has 0 bridgehead atoms. The van der Waals surface area contributed by atoms with E-state index in [1.165, 1.54) is 0 Å². The van der Waals surface area contributed by atoms with Crippen LogP contribution in [0.3, 0.4) is 0 Å². The molecule has 84 valence electrons. The number of nitrogens with zero attached hydrogens (tertiary/aromatic N) is 1. The summed E-state index contributed by atoms with van der Waals surface area (Å²) in [5, 5.41) is 12.2. The van der Waals surface area contributed by atoms with Crippen LogP contribution in [0, 0.1) is 6.92 Å². The molecule has 2 nitrogen and oxygen atoms in total. The highest BCUT2D eigenvalue weighted by Crippen LogP contribution is 2.28. The van der Waals surface area contributed by atoms with Gasteiger partial charge in [0.2, 0.25) is 0 Å². The van der Waals surface area contributed by atoms with Crippen LogP contribution in [0.15, 0.2) is 34.4 Å². The SMILES string of the molecule is Cc1ccncc1C(O)Cc1sccc1Br. The van der Waals surface area contributed by atoms with Gasteiger partial charge in [-0.15, -0.1) is 11.3 Å². The van der Waals surface area contributed by atoms with Crippen LogP contribution in [0.2, 0.25) is 0 Å². The average molecular weight is 298 g/mol. The molecule has 0 fully saturated rings. The molecule has 2 rings (SSSR count). The van der Waals surface area contributed by atoms with Crippen LogP contribution >= 0.6 is 27.3 Å². The van der Waals surface area contributed by atoms with Crippen molar-refractivity contribution in [3.8, 4) is 0 Å². The maximum atomic E-state index is 10.1. The first-order valence-corrected chi connectivity index (χ1v) is 6.66. The number of thiophene rings is 1. The van der Waals surface area contributed by atoms with Crippen molar-refractivity contribution in [2.24, 2.45) is 0 Å². The monoisotopic (exact) mass is 297 g/mol. The maximum absolute atomic E-state index is 10.1. The molecule has 0 aliphatic rings. The smallest absolute Gasteiger partial charge is 0.0856 e. The summed E-state index contributed by atoms with van der Waals surface area (Å²) in [6.07, 6.45) is 3.63. The van der Waals surface area contributed by atoms with Crippen molar-refractivity contribution < 1.29 is 5.11 Å². The summed E-state index contributed by atoms with van der Waals surface area (Å²) < 4.78 is 1.07. The Bertz CT molecular complexity index is 483. The average Bonchev–Trinajstić information content (AvgIpc) is 2.65. The Morgan fingerprint density at radius 1 is 1.50 bits per heavy atom. The fourth-order valence-electron chi connectivity index (χ4n) is 1.58.